The van der Waals surface area contributed by atoms with Crippen molar-refractivity contribution in [1.29, 1.82) is 0 Å². The Morgan fingerprint density at radius 1 is 1.42 bits per heavy atom. The Balaban J connectivity index is 1.92. The van der Waals surface area contributed by atoms with Gasteiger partial charge < -0.3 is 0 Å². The third-order valence-electron chi connectivity index (χ3n) is 3.46. The fourth-order valence-corrected chi connectivity index (χ4v) is 3.90. The Morgan fingerprint density at radius 3 is 2.79 bits per heavy atom. The van der Waals surface area contributed by atoms with E-state index in [-0.39, 0.29) is 5.78 Å². The average Bonchev–Trinajstić information content (AvgIpc) is 2.47. The molecule has 1 aromatic rings. The van der Waals surface area contributed by atoms with Gasteiger partial charge in [0.2, 0.25) is 0 Å². The molecule has 104 valence electrons. The summed E-state index contributed by atoms with van der Waals surface area (Å²) in [5.41, 5.74) is 0.837. The lowest BCUT2D eigenvalue weighted by atomic mass is 10.1. The Bertz CT molecular complexity index is 419. The second-order valence-corrected chi connectivity index (χ2v) is 7.08. The van der Waals surface area contributed by atoms with E-state index >= 15 is 0 Å². The minimum Gasteiger partial charge on any atom is -0.294 e. The van der Waals surface area contributed by atoms with Gasteiger partial charge in [0.15, 0.2) is 5.78 Å². The van der Waals surface area contributed by atoms with Gasteiger partial charge in [0.25, 0.3) is 0 Å². The van der Waals surface area contributed by atoms with E-state index in [4.69, 9.17) is 0 Å². The van der Waals surface area contributed by atoms with E-state index in [2.05, 4.69) is 11.8 Å². The molecule has 0 radical (unpaired) electrons. The molecule has 1 aliphatic heterocycles. The third kappa shape index (κ3) is 4.26. The van der Waals surface area contributed by atoms with E-state index < -0.39 is 0 Å². The molecule has 0 aromatic heterocycles. The maximum absolute atomic E-state index is 12.3. The van der Waals surface area contributed by atoms with Gasteiger partial charge in [0, 0.05) is 34.6 Å². The number of benzene rings is 1. The molecule has 1 fully saturated rings. The molecule has 0 spiro atoms. The summed E-state index contributed by atoms with van der Waals surface area (Å²) < 4.78 is 0. The number of thioether (sulfide) groups is 2. The Labute approximate surface area is 124 Å². The number of carbonyl (C=O) groups is 1. The quantitative estimate of drug-likeness (QED) is 0.612. The van der Waals surface area contributed by atoms with Gasteiger partial charge in [0.1, 0.15) is 0 Å². The Morgan fingerprint density at radius 2 is 2.16 bits per heavy atom. The second-order valence-electron chi connectivity index (χ2n) is 4.79. The number of ketones is 1. The van der Waals surface area contributed by atoms with Gasteiger partial charge >= 0.3 is 0 Å². The lowest BCUT2D eigenvalue weighted by molar-refractivity contribution is 0.0932. The number of nitrogens with zero attached hydrogens (tertiary/aromatic N) is 1. The van der Waals surface area contributed by atoms with Crippen LogP contribution in [0.2, 0.25) is 0 Å². The van der Waals surface area contributed by atoms with Crippen molar-refractivity contribution in [2.75, 3.05) is 31.6 Å². The number of rotatable bonds is 5. The summed E-state index contributed by atoms with van der Waals surface area (Å²) in [6, 6.07) is 7.95. The monoisotopic (exact) mass is 295 g/mol. The van der Waals surface area contributed by atoms with Crippen molar-refractivity contribution in [3.8, 4) is 0 Å². The van der Waals surface area contributed by atoms with E-state index in [1.807, 2.05) is 42.3 Å². The molecule has 1 heterocycles. The molecule has 0 bridgehead atoms. The van der Waals surface area contributed by atoms with Crippen LogP contribution in [0.15, 0.2) is 29.2 Å². The first-order valence-electron chi connectivity index (χ1n) is 6.74. The highest BCUT2D eigenvalue weighted by molar-refractivity contribution is 8.00. The predicted octanol–water partition coefficient (Wildman–Crippen LogP) is 3.42. The van der Waals surface area contributed by atoms with Crippen LogP contribution < -0.4 is 0 Å². The van der Waals surface area contributed by atoms with Crippen molar-refractivity contribution in [2.45, 2.75) is 23.5 Å². The van der Waals surface area contributed by atoms with Crippen LogP contribution in [-0.4, -0.2) is 47.6 Å². The predicted molar refractivity (Wildman–Crippen MR) is 85.5 cm³/mol. The fourth-order valence-electron chi connectivity index (χ4n) is 2.24. The number of carbonyl (C=O) groups excluding carboxylic acids is 1. The molecule has 4 heteroatoms. The van der Waals surface area contributed by atoms with Crippen molar-refractivity contribution in [3.05, 3.63) is 29.8 Å². The van der Waals surface area contributed by atoms with Gasteiger partial charge in [-0.25, -0.2) is 0 Å². The summed E-state index contributed by atoms with van der Waals surface area (Å²) in [6.45, 7) is 4.88. The van der Waals surface area contributed by atoms with Crippen LogP contribution in [0, 0.1) is 0 Å². The van der Waals surface area contributed by atoms with Gasteiger partial charge in [-0.15, -0.1) is 11.8 Å². The summed E-state index contributed by atoms with van der Waals surface area (Å²) in [5.74, 6) is 1.39. The molecule has 1 aromatic carbocycles. The Hall–Kier alpha value is -0.450. The van der Waals surface area contributed by atoms with Crippen LogP contribution >= 0.6 is 23.5 Å². The highest BCUT2D eigenvalue weighted by Gasteiger charge is 2.21. The third-order valence-corrected chi connectivity index (χ3v) is 5.57. The molecule has 0 aliphatic carbocycles. The topological polar surface area (TPSA) is 20.3 Å². The van der Waals surface area contributed by atoms with Gasteiger partial charge in [-0.3, -0.25) is 9.69 Å². The van der Waals surface area contributed by atoms with Crippen LogP contribution in [0.4, 0.5) is 0 Å². The molecule has 1 saturated heterocycles. The minimum atomic E-state index is 0.245. The molecule has 1 unspecified atom stereocenters. The Kier molecular flexibility index (Phi) is 5.79. The minimum absolute atomic E-state index is 0.245. The molecule has 1 atom stereocenters. The van der Waals surface area contributed by atoms with E-state index in [1.54, 1.807) is 11.8 Å². The maximum Gasteiger partial charge on any atom is 0.176 e. The highest BCUT2D eigenvalue weighted by atomic mass is 32.2. The molecule has 0 amide bonds. The first kappa shape index (κ1) is 14.9. The average molecular weight is 295 g/mol. The van der Waals surface area contributed by atoms with Gasteiger partial charge in [-0.1, -0.05) is 19.1 Å². The van der Waals surface area contributed by atoms with Crippen LogP contribution in [-0.2, 0) is 0 Å². The summed E-state index contributed by atoms with van der Waals surface area (Å²) in [5, 5.41) is 0.695. The first-order valence-corrected chi connectivity index (χ1v) is 9.01. The SMILES string of the molecule is CCC1CN(CC(=O)c2ccc(SC)cc2)CCS1. The standard InChI is InChI=1S/C15H21NOS2/c1-3-13-10-16(8-9-19-13)11-15(17)12-4-6-14(18-2)7-5-12/h4-7,13H,3,8-11H2,1-2H3. The highest BCUT2D eigenvalue weighted by Crippen LogP contribution is 2.21. The molecule has 2 rings (SSSR count). The van der Waals surface area contributed by atoms with Crippen LogP contribution in [0.5, 0.6) is 0 Å². The molecule has 1 aliphatic rings. The molecule has 2 nitrogen and oxygen atoms in total. The summed E-state index contributed by atoms with van der Waals surface area (Å²) in [6.07, 6.45) is 3.24. The van der Waals surface area contributed by atoms with Crippen molar-refractivity contribution in [3.63, 3.8) is 0 Å². The molecule has 19 heavy (non-hydrogen) atoms. The lowest BCUT2D eigenvalue weighted by Gasteiger charge is -2.31. The molecule has 0 N–H and O–H groups in total. The zero-order valence-corrected chi connectivity index (χ0v) is 13.2. The van der Waals surface area contributed by atoms with Crippen LogP contribution in [0.1, 0.15) is 23.7 Å². The summed E-state index contributed by atoms with van der Waals surface area (Å²) >= 11 is 3.74. The van der Waals surface area contributed by atoms with E-state index in [0.29, 0.717) is 11.8 Å². The van der Waals surface area contributed by atoms with E-state index in [0.717, 1.165) is 24.4 Å². The first-order chi connectivity index (χ1) is 9.22. The second kappa shape index (κ2) is 7.36. The van der Waals surface area contributed by atoms with Crippen LogP contribution in [0.3, 0.4) is 0 Å². The normalized spacial score (nSPS) is 20.4. The van der Waals surface area contributed by atoms with Gasteiger partial charge in [-0.2, -0.15) is 11.8 Å². The molecular formula is C15H21NOS2. The maximum atomic E-state index is 12.3. The van der Waals surface area contributed by atoms with Crippen molar-refractivity contribution in [2.24, 2.45) is 0 Å². The largest absolute Gasteiger partial charge is 0.294 e. The van der Waals surface area contributed by atoms with Crippen molar-refractivity contribution < 1.29 is 4.79 Å². The van der Waals surface area contributed by atoms with Gasteiger partial charge in [0.05, 0.1) is 6.54 Å². The number of hydrogen-bond donors (Lipinski definition) is 0. The lowest BCUT2D eigenvalue weighted by Crippen LogP contribution is -2.40. The summed E-state index contributed by atoms with van der Waals surface area (Å²) in [4.78, 5) is 15.8. The van der Waals surface area contributed by atoms with Crippen molar-refractivity contribution >= 4 is 29.3 Å². The smallest absolute Gasteiger partial charge is 0.176 e. The fraction of sp³-hybridized carbons (Fsp3) is 0.533. The number of Topliss-reactive ketones (excluding diaryl/α,β-unsaturated/α-hetero) is 1. The molecular weight excluding hydrogens is 274 g/mol. The van der Waals surface area contributed by atoms with E-state index in [9.17, 15) is 4.79 Å². The van der Waals surface area contributed by atoms with Crippen molar-refractivity contribution in [1.82, 2.24) is 4.90 Å². The van der Waals surface area contributed by atoms with E-state index in [1.165, 1.54) is 11.3 Å². The summed E-state index contributed by atoms with van der Waals surface area (Å²) in [7, 11) is 0. The zero-order valence-electron chi connectivity index (χ0n) is 11.6. The number of hydrogen-bond acceptors (Lipinski definition) is 4. The van der Waals surface area contributed by atoms with Crippen LogP contribution in [0.25, 0.3) is 0 Å². The van der Waals surface area contributed by atoms with Gasteiger partial charge in [-0.05, 0) is 24.8 Å². The molecule has 0 saturated carbocycles. The zero-order chi connectivity index (χ0) is 13.7.